The molecule has 0 radical (unpaired) electrons. The van der Waals surface area contributed by atoms with Crippen molar-refractivity contribution in [3.8, 4) is 0 Å². The van der Waals surface area contributed by atoms with E-state index in [4.69, 9.17) is 0 Å². The summed E-state index contributed by atoms with van der Waals surface area (Å²) >= 11 is 0. The quantitative estimate of drug-likeness (QED) is 0.0565. The van der Waals surface area contributed by atoms with Gasteiger partial charge in [-0.3, -0.25) is 0 Å². The first-order chi connectivity index (χ1) is 28.7. The van der Waals surface area contributed by atoms with E-state index in [0.29, 0.717) is 0 Å². The van der Waals surface area contributed by atoms with E-state index in [0.717, 1.165) is 18.6 Å². The van der Waals surface area contributed by atoms with Gasteiger partial charge in [-0.15, -0.1) is 0 Å². The smallest absolute Gasteiger partial charge is 0.0893 e. The summed E-state index contributed by atoms with van der Waals surface area (Å²) in [4.78, 5) is 5.06. The lowest BCUT2D eigenvalue weighted by Gasteiger charge is -2.29. The van der Waals surface area contributed by atoms with Gasteiger partial charge in [0.25, 0.3) is 0 Å². The molecule has 1 atom stereocenters. The van der Waals surface area contributed by atoms with Crippen LogP contribution >= 0.6 is 0 Å². The molecule has 2 nitrogen and oxygen atoms in total. The Labute approximate surface area is 369 Å². The molecule has 1 aliphatic rings. The van der Waals surface area contributed by atoms with Gasteiger partial charge in [-0.2, -0.15) is 0 Å². The SMILES string of the molecule is CCCCCCCCCCCCCCCCCCC(CCCCC(CCCCCCCCCCCCCC)CCCCCCCCCCCCCC)N1C=CN(C)C1. The largest absolute Gasteiger partial charge is 0.362 e. The molecule has 58 heavy (non-hydrogen) atoms. The van der Waals surface area contributed by atoms with Gasteiger partial charge in [0, 0.05) is 25.5 Å². The molecule has 1 unspecified atom stereocenters. The Morgan fingerprint density at radius 2 is 0.517 bits per heavy atom. The number of hydrogen-bond acceptors (Lipinski definition) is 2. The number of hydrogen-bond donors (Lipinski definition) is 0. The van der Waals surface area contributed by atoms with Crippen LogP contribution in [0.15, 0.2) is 12.4 Å². The van der Waals surface area contributed by atoms with E-state index in [9.17, 15) is 0 Å². The summed E-state index contributed by atoms with van der Waals surface area (Å²) in [5, 5.41) is 0. The molecule has 0 spiro atoms. The molecule has 1 rings (SSSR count). The Morgan fingerprint density at radius 3 is 0.776 bits per heavy atom. The highest BCUT2D eigenvalue weighted by Crippen LogP contribution is 2.27. The molecule has 0 fully saturated rings. The molecular formula is C56H112N2. The molecular weight excluding hydrogens is 701 g/mol. The summed E-state index contributed by atoms with van der Waals surface area (Å²) in [6.45, 7) is 8.07. The van der Waals surface area contributed by atoms with Crippen molar-refractivity contribution < 1.29 is 0 Å². The summed E-state index contributed by atoms with van der Waals surface area (Å²) < 4.78 is 0. The summed E-state index contributed by atoms with van der Waals surface area (Å²) in [7, 11) is 2.25. The number of rotatable bonds is 49. The lowest BCUT2D eigenvalue weighted by molar-refractivity contribution is 0.202. The Bertz CT molecular complexity index is 763. The van der Waals surface area contributed by atoms with E-state index in [-0.39, 0.29) is 0 Å². The zero-order valence-corrected chi connectivity index (χ0v) is 41.1. The predicted octanol–water partition coefficient (Wildman–Crippen LogP) is 20.0. The van der Waals surface area contributed by atoms with Gasteiger partial charge in [-0.1, -0.05) is 310 Å². The zero-order valence-electron chi connectivity index (χ0n) is 41.1. The highest BCUT2D eigenvalue weighted by molar-refractivity contribution is 4.92. The Balaban J connectivity index is 2.30. The van der Waals surface area contributed by atoms with Crippen molar-refractivity contribution in [2.75, 3.05) is 13.7 Å². The number of nitrogens with zero attached hydrogens (tertiary/aromatic N) is 2. The van der Waals surface area contributed by atoms with Gasteiger partial charge in [0.05, 0.1) is 6.67 Å². The minimum atomic E-state index is 0.749. The lowest BCUT2D eigenvalue weighted by Crippen LogP contribution is -2.33. The lowest BCUT2D eigenvalue weighted by atomic mass is 9.89. The van der Waals surface area contributed by atoms with Crippen molar-refractivity contribution in [1.82, 2.24) is 9.80 Å². The third-order valence-corrected chi connectivity index (χ3v) is 14.1. The molecule has 0 aliphatic carbocycles. The van der Waals surface area contributed by atoms with Crippen LogP contribution in [0.4, 0.5) is 0 Å². The van der Waals surface area contributed by atoms with Gasteiger partial charge in [0.1, 0.15) is 0 Å². The van der Waals surface area contributed by atoms with E-state index in [2.05, 4.69) is 50.0 Å². The van der Waals surface area contributed by atoms with Gasteiger partial charge in [-0.25, -0.2) is 0 Å². The van der Waals surface area contributed by atoms with Crippen LogP contribution in [0.3, 0.4) is 0 Å². The van der Waals surface area contributed by atoms with Crippen LogP contribution in [0.2, 0.25) is 0 Å². The van der Waals surface area contributed by atoms with Crippen molar-refractivity contribution in [3.05, 3.63) is 12.4 Å². The van der Waals surface area contributed by atoms with E-state index in [1.165, 1.54) is 302 Å². The van der Waals surface area contributed by atoms with E-state index < -0.39 is 0 Å². The molecule has 2 heteroatoms. The highest BCUT2D eigenvalue weighted by Gasteiger charge is 2.19. The molecule has 0 aromatic heterocycles. The van der Waals surface area contributed by atoms with Crippen molar-refractivity contribution in [3.63, 3.8) is 0 Å². The minimum Gasteiger partial charge on any atom is -0.362 e. The third-order valence-electron chi connectivity index (χ3n) is 14.1. The first-order valence-electron chi connectivity index (χ1n) is 27.9. The van der Waals surface area contributed by atoms with Crippen LogP contribution in [-0.4, -0.2) is 29.6 Å². The Morgan fingerprint density at radius 1 is 0.293 bits per heavy atom. The average Bonchev–Trinajstić information content (AvgIpc) is 3.67. The maximum atomic E-state index is 2.68. The maximum Gasteiger partial charge on any atom is 0.0893 e. The van der Waals surface area contributed by atoms with Crippen molar-refractivity contribution in [2.45, 2.75) is 329 Å². The van der Waals surface area contributed by atoms with Crippen molar-refractivity contribution in [2.24, 2.45) is 5.92 Å². The predicted molar refractivity (Wildman–Crippen MR) is 265 cm³/mol. The minimum absolute atomic E-state index is 0.749. The average molecular weight is 814 g/mol. The molecule has 0 aromatic carbocycles. The van der Waals surface area contributed by atoms with Gasteiger partial charge in [-0.05, 0) is 18.8 Å². The Hall–Kier alpha value is -0.660. The normalized spacial score (nSPS) is 13.5. The molecule has 0 saturated carbocycles. The fourth-order valence-electron chi connectivity index (χ4n) is 9.99. The maximum absolute atomic E-state index is 2.68. The van der Waals surface area contributed by atoms with Crippen molar-refractivity contribution >= 4 is 0 Å². The fraction of sp³-hybridized carbons (Fsp3) is 0.964. The van der Waals surface area contributed by atoms with Gasteiger partial charge < -0.3 is 9.80 Å². The molecule has 0 amide bonds. The van der Waals surface area contributed by atoms with E-state index >= 15 is 0 Å². The van der Waals surface area contributed by atoms with E-state index in [1.807, 2.05) is 0 Å². The summed E-state index contributed by atoms with van der Waals surface area (Å²) in [6, 6.07) is 0.749. The fourth-order valence-corrected chi connectivity index (χ4v) is 9.99. The summed E-state index contributed by atoms with van der Waals surface area (Å²) in [5.74, 6) is 0.989. The topological polar surface area (TPSA) is 6.48 Å². The van der Waals surface area contributed by atoms with Crippen LogP contribution in [0.25, 0.3) is 0 Å². The molecule has 1 heterocycles. The van der Waals surface area contributed by atoms with Crippen LogP contribution in [0, 0.1) is 5.92 Å². The van der Waals surface area contributed by atoms with Crippen LogP contribution in [0.5, 0.6) is 0 Å². The van der Waals surface area contributed by atoms with Gasteiger partial charge in [0.2, 0.25) is 0 Å². The molecule has 0 saturated heterocycles. The van der Waals surface area contributed by atoms with Crippen molar-refractivity contribution in [1.29, 1.82) is 0 Å². The molecule has 0 bridgehead atoms. The highest BCUT2D eigenvalue weighted by atomic mass is 15.3. The zero-order chi connectivity index (χ0) is 41.7. The van der Waals surface area contributed by atoms with Gasteiger partial charge >= 0.3 is 0 Å². The second-order valence-electron chi connectivity index (χ2n) is 20.0. The summed E-state index contributed by atoms with van der Waals surface area (Å²) in [5.41, 5.74) is 0. The van der Waals surface area contributed by atoms with E-state index in [1.54, 1.807) is 0 Å². The Kier molecular flexibility index (Phi) is 43.8. The second kappa shape index (κ2) is 45.9. The van der Waals surface area contributed by atoms with Crippen LogP contribution in [-0.2, 0) is 0 Å². The second-order valence-corrected chi connectivity index (χ2v) is 20.0. The standard InChI is InChI=1S/C56H112N2/c1-5-8-11-14-17-20-23-26-27-28-29-32-35-38-41-44-50-56(58-53-52-57(4)54-58)51-46-45-49-55(47-42-39-36-33-30-24-21-18-15-12-9-6-2)48-43-40-37-34-31-25-22-19-16-13-10-7-3/h52-53,55-56H,5-51,54H2,1-4H3. The van der Waals surface area contributed by atoms with Crippen LogP contribution in [0.1, 0.15) is 323 Å². The third kappa shape index (κ3) is 38.3. The monoisotopic (exact) mass is 813 g/mol. The van der Waals surface area contributed by atoms with Gasteiger partial charge in [0.15, 0.2) is 0 Å². The molecule has 0 aromatic rings. The molecule has 0 N–H and O–H groups in total. The van der Waals surface area contributed by atoms with Crippen LogP contribution < -0.4 is 0 Å². The first kappa shape index (κ1) is 55.4. The number of unbranched alkanes of at least 4 members (excludes halogenated alkanes) is 38. The summed E-state index contributed by atoms with van der Waals surface area (Å²) in [6.07, 6.45) is 73.6. The molecule has 1 aliphatic heterocycles. The first-order valence-corrected chi connectivity index (χ1v) is 27.9. The molecule has 346 valence electrons.